The third-order valence-electron chi connectivity index (χ3n) is 4.75. The fraction of sp³-hybridized carbons (Fsp3) is 0.368. The number of likely N-dealkylation sites (tertiary alicyclic amines) is 1. The van der Waals surface area contributed by atoms with Crippen molar-refractivity contribution in [1.82, 2.24) is 24.5 Å². The number of benzene rings is 1. The minimum Gasteiger partial charge on any atom is -0.297 e. The van der Waals surface area contributed by atoms with Crippen molar-refractivity contribution in [1.29, 1.82) is 0 Å². The van der Waals surface area contributed by atoms with Gasteiger partial charge >= 0.3 is 0 Å². The minimum atomic E-state index is -0.248. The Morgan fingerprint density at radius 2 is 2.12 bits per heavy atom. The van der Waals surface area contributed by atoms with Gasteiger partial charge in [0.15, 0.2) is 0 Å². The van der Waals surface area contributed by atoms with Crippen LogP contribution in [0.15, 0.2) is 42.7 Å². The molecule has 4 rings (SSSR count). The first kappa shape index (κ1) is 16.0. The lowest BCUT2D eigenvalue weighted by Crippen LogP contribution is -2.21. The van der Waals surface area contributed by atoms with Crippen LogP contribution in [0, 0.1) is 19.7 Å². The van der Waals surface area contributed by atoms with Gasteiger partial charge in [0, 0.05) is 37.1 Å². The molecule has 1 saturated heterocycles. The van der Waals surface area contributed by atoms with Crippen LogP contribution in [0.2, 0.25) is 0 Å². The predicted octanol–water partition coefficient (Wildman–Crippen LogP) is 3.27. The van der Waals surface area contributed by atoms with Crippen molar-refractivity contribution in [2.45, 2.75) is 32.9 Å². The van der Waals surface area contributed by atoms with Gasteiger partial charge in [0.2, 0.25) is 0 Å². The summed E-state index contributed by atoms with van der Waals surface area (Å²) in [7, 11) is 0. The highest BCUT2D eigenvalue weighted by atomic mass is 19.1. The van der Waals surface area contributed by atoms with Gasteiger partial charge in [-0.05, 0) is 44.5 Å². The number of rotatable bonds is 4. The summed E-state index contributed by atoms with van der Waals surface area (Å²) in [5, 5.41) is 8.99. The predicted molar refractivity (Wildman–Crippen MR) is 94.2 cm³/mol. The molecule has 1 aliphatic heterocycles. The summed E-state index contributed by atoms with van der Waals surface area (Å²) in [6.07, 6.45) is 4.95. The standard InChI is InChI=1S/C19H22FN5/c1-14-8-15(2)25(22-14)19-6-7-23(13-19)11-16-10-21-24(12-16)18-5-3-4-17(20)9-18/h3-5,8-10,12,19H,6-7,11,13H2,1-2H3/t19-/m1/s1. The Kier molecular flexibility index (Phi) is 4.13. The smallest absolute Gasteiger partial charge is 0.125 e. The van der Waals surface area contributed by atoms with E-state index < -0.39 is 0 Å². The Hall–Kier alpha value is -2.47. The molecule has 3 heterocycles. The van der Waals surface area contributed by atoms with Crippen LogP contribution in [-0.2, 0) is 6.54 Å². The summed E-state index contributed by atoms with van der Waals surface area (Å²) >= 11 is 0. The van der Waals surface area contributed by atoms with Crippen LogP contribution >= 0.6 is 0 Å². The molecule has 0 aliphatic carbocycles. The van der Waals surface area contributed by atoms with E-state index in [1.54, 1.807) is 10.7 Å². The molecule has 1 aromatic carbocycles. The molecule has 0 N–H and O–H groups in total. The van der Waals surface area contributed by atoms with Gasteiger partial charge in [-0.15, -0.1) is 0 Å². The zero-order valence-corrected chi connectivity index (χ0v) is 14.6. The minimum absolute atomic E-state index is 0.248. The van der Waals surface area contributed by atoms with Crippen LogP contribution in [-0.4, -0.2) is 37.6 Å². The van der Waals surface area contributed by atoms with Gasteiger partial charge in [0.25, 0.3) is 0 Å². The average molecular weight is 339 g/mol. The van der Waals surface area contributed by atoms with Crippen molar-refractivity contribution in [3.63, 3.8) is 0 Å². The number of aryl methyl sites for hydroxylation is 2. The highest BCUT2D eigenvalue weighted by Crippen LogP contribution is 2.24. The second kappa shape index (κ2) is 6.44. The maximum absolute atomic E-state index is 13.4. The molecule has 0 unspecified atom stereocenters. The first-order valence-electron chi connectivity index (χ1n) is 8.63. The number of aromatic nitrogens is 4. The molecule has 0 spiro atoms. The van der Waals surface area contributed by atoms with Crippen LogP contribution < -0.4 is 0 Å². The maximum atomic E-state index is 13.4. The van der Waals surface area contributed by atoms with Crippen molar-refractivity contribution < 1.29 is 4.39 Å². The van der Waals surface area contributed by atoms with Crippen molar-refractivity contribution >= 4 is 0 Å². The van der Waals surface area contributed by atoms with Crippen molar-refractivity contribution in [2.75, 3.05) is 13.1 Å². The number of hydrogen-bond acceptors (Lipinski definition) is 3. The molecule has 2 aromatic heterocycles. The number of nitrogens with zero attached hydrogens (tertiary/aromatic N) is 5. The van der Waals surface area contributed by atoms with E-state index in [-0.39, 0.29) is 5.82 Å². The number of hydrogen-bond donors (Lipinski definition) is 0. The van der Waals surface area contributed by atoms with E-state index in [4.69, 9.17) is 0 Å². The van der Waals surface area contributed by atoms with Gasteiger partial charge in [0.05, 0.1) is 23.6 Å². The quantitative estimate of drug-likeness (QED) is 0.732. The largest absolute Gasteiger partial charge is 0.297 e. The summed E-state index contributed by atoms with van der Waals surface area (Å²) in [5.41, 5.74) is 4.18. The molecule has 25 heavy (non-hydrogen) atoms. The summed E-state index contributed by atoms with van der Waals surface area (Å²) in [4.78, 5) is 2.42. The maximum Gasteiger partial charge on any atom is 0.125 e. The van der Waals surface area contributed by atoms with Crippen molar-refractivity contribution in [3.8, 4) is 5.69 Å². The van der Waals surface area contributed by atoms with Crippen LogP contribution in [0.25, 0.3) is 5.69 Å². The molecular formula is C19H22FN5. The molecule has 6 heteroatoms. The lowest BCUT2D eigenvalue weighted by atomic mass is 10.2. The highest BCUT2D eigenvalue weighted by Gasteiger charge is 2.25. The summed E-state index contributed by atoms with van der Waals surface area (Å²) in [5.74, 6) is -0.248. The van der Waals surface area contributed by atoms with Crippen LogP contribution in [0.1, 0.15) is 29.4 Å². The van der Waals surface area contributed by atoms with Crippen LogP contribution in [0.5, 0.6) is 0 Å². The van der Waals surface area contributed by atoms with E-state index in [0.29, 0.717) is 6.04 Å². The first-order chi connectivity index (χ1) is 12.1. The zero-order chi connectivity index (χ0) is 17.4. The van der Waals surface area contributed by atoms with Crippen LogP contribution in [0.3, 0.4) is 0 Å². The van der Waals surface area contributed by atoms with Crippen molar-refractivity contribution in [3.05, 3.63) is 65.5 Å². The fourth-order valence-corrected chi connectivity index (χ4v) is 3.63. The SMILES string of the molecule is Cc1cc(C)n([C@@H]2CCN(Cc3cnn(-c4cccc(F)c4)c3)C2)n1. The Balaban J connectivity index is 1.43. The van der Waals surface area contributed by atoms with E-state index in [0.717, 1.165) is 43.0 Å². The molecule has 0 bridgehead atoms. The van der Waals surface area contributed by atoms with Gasteiger partial charge < -0.3 is 0 Å². The fourth-order valence-electron chi connectivity index (χ4n) is 3.63. The van der Waals surface area contributed by atoms with E-state index in [9.17, 15) is 4.39 Å². The van der Waals surface area contributed by atoms with Crippen molar-refractivity contribution in [2.24, 2.45) is 0 Å². The van der Waals surface area contributed by atoms with Gasteiger partial charge in [-0.3, -0.25) is 9.58 Å². The monoisotopic (exact) mass is 339 g/mol. The molecule has 5 nitrogen and oxygen atoms in total. The van der Waals surface area contributed by atoms with E-state index >= 15 is 0 Å². The molecule has 1 aliphatic rings. The molecule has 0 radical (unpaired) electrons. The first-order valence-corrected chi connectivity index (χ1v) is 8.63. The Bertz CT molecular complexity index is 882. The number of halogens is 1. The lowest BCUT2D eigenvalue weighted by molar-refractivity contribution is 0.310. The van der Waals surface area contributed by atoms with Crippen LogP contribution in [0.4, 0.5) is 4.39 Å². The third-order valence-corrected chi connectivity index (χ3v) is 4.75. The molecule has 1 atom stereocenters. The zero-order valence-electron chi connectivity index (χ0n) is 14.6. The molecule has 0 saturated carbocycles. The average Bonchev–Trinajstić information content (AvgIpc) is 3.28. The summed E-state index contributed by atoms with van der Waals surface area (Å²) in [6.45, 7) is 7.05. The van der Waals surface area contributed by atoms with Gasteiger partial charge in [-0.25, -0.2) is 9.07 Å². The van der Waals surface area contributed by atoms with E-state index in [2.05, 4.69) is 32.8 Å². The Labute approximate surface area is 146 Å². The normalized spacial score (nSPS) is 18.1. The Morgan fingerprint density at radius 3 is 2.88 bits per heavy atom. The third kappa shape index (κ3) is 3.35. The Morgan fingerprint density at radius 1 is 1.24 bits per heavy atom. The topological polar surface area (TPSA) is 38.9 Å². The lowest BCUT2D eigenvalue weighted by Gasteiger charge is -2.16. The highest BCUT2D eigenvalue weighted by molar-refractivity contribution is 5.31. The second-order valence-electron chi connectivity index (χ2n) is 6.82. The molecule has 0 amide bonds. The summed E-state index contributed by atoms with van der Waals surface area (Å²) < 4.78 is 17.3. The van der Waals surface area contributed by atoms with E-state index in [1.165, 1.54) is 17.8 Å². The van der Waals surface area contributed by atoms with Gasteiger partial charge in [-0.2, -0.15) is 10.2 Å². The van der Waals surface area contributed by atoms with E-state index in [1.807, 2.05) is 25.4 Å². The molecular weight excluding hydrogens is 317 g/mol. The molecule has 130 valence electrons. The van der Waals surface area contributed by atoms with Gasteiger partial charge in [0.1, 0.15) is 5.82 Å². The molecule has 3 aromatic rings. The second-order valence-corrected chi connectivity index (χ2v) is 6.82. The van der Waals surface area contributed by atoms with Gasteiger partial charge in [-0.1, -0.05) is 6.07 Å². The summed E-state index contributed by atoms with van der Waals surface area (Å²) in [6, 6.07) is 9.06. The molecule has 1 fully saturated rings.